The average Bonchev–Trinajstić information content (AvgIpc) is 3.68. The Bertz CT molecular complexity index is 1960. The normalized spacial score (nSPS) is 12.9. The topological polar surface area (TPSA) is 36.8 Å². The summed E-state index contributed by atoms with van der Waals surface area (Å²) < 4.78 is 0. The zero-order chi connectivity index (χ0) is 31.6. The van der Waals surface area contributed by atoms with Gasteiger partial charge in [-0.05, 0) is 67.1 Å². The first kappa shape index (κ1) is 31.7. The number of fused-ring (bicyclic) bond motifs is 2. The summed E-state index contributed by atoms with van der Waals surface area (Å²) in [7, 11) is 2.08. The van der Waals surface area contributed by atoms with Crippen molar-refractivity contribution in [2.24, 2.45) is 0 Å². The Morgan fingerprint density at radius 3 is 1.49 bits per heavy atom. The predicted octanol–water partition coefficient (Wildman–Crippen LogP) is 10.3. The molecule has 0 fully saturated rings. The molecule has 6 aromatic carbocycles. The van der Waals surface area contributed by atoms with Gasteiger partial charge in [0.1, 0.15) is 0 Å². The first-order chi connectivity index (χ1) is 22.7. The summed E-state index contributed by atoms with van der Waals surface area (Å²) in [4.78, 5) is 8.97. The van der Waals surface area contributed by atoms with E-state index in [2.05, 4.69) is 193 Å². The van der Waals surface area contributed by atoms with Crippen LogP contribution in [-0.4, -0.2) is 7.05 Å². The minimum absolute atomic E-state index is 0. The third-order valence-electron chi connectivity index (χ3n) is 8.39. The molecule has 0 aromatic heterocycles. The summed E-state index contributed by atoms with van der Waals surface area (Å²) in [6.45, 7) is 11.3. The van der Waals surface area contributed by atoms with Crippen molar-refractivity contribution < 1.29 is 21.1 Å². The molecular weight excluding hydrogens is 758 g/mol. The van der Waals surface area contributed by atoms with Gasteiger partial charge in [-0.1, -0.05) is 84.9 Å². The van der Waals surface area contributed by atoms with Gasteiger partial charge in [-0.25, -0.2) is 0 Å². The van der Waals surface area contributed by atoms with E-state index in [4.69, 9.17) is 11.8 Å². The Morgan fingerprint density at radius 1 is 0.532 bits per heavy atom. The molecule has 0 radical (unpaired) electrons. The molecule has 5 nitrogen and oxygen atoms in total. The van der Waals surface area contributed by atoms with E-state index in [0.717, 1.165) is 34.1 Å². The van der Waals surface area contributed by atoms with Crippen molar-refractivity contribution in [3.8, 4) is 22.3 Å². The van der Waals surface area contributed by atoms with Crippen LogP contribution in [0.4, 0.5) is 39.8 Å². The Balaban J connectivity index is 0.00000126. The van der Waals surface area contributed by atoms with Crippen LogP contribution < -0.4 is 19.6 Å². The third kappa shape index (κ3) is 5.78. The van der Waals surface area contributed by atoms with E-state index < -0.39 is 0 Å². The number of aryl methyl sites for hydroxylation is 1. The van der Waals surface area contributed by atoms with E-state index in [1.54, 1.807) is 0 Å². The van der Waals surface area contributed by atoms with E-state index in [1.807, 2.05) is 0 Å². The van der Waals surface area contributed by atoms with Crippen LogP contribution in [0.25, 0.3) is 22.3 Å². The zero-order valence-electron chi connectivity index (χ0n) is 26.0. The quantitative estimate of drug-likeness (QED) is 0.163. The van der Waals surface area contributed by atoms with E-state index >= 15 is 0 Å². The molecule has 6 aromatic rings. The fraction of sp³-hybridized carbons (Fsp3) is 0.0488. The monoisotopic (exact) mass is 788 g/mol. The Labute approximate surface area is 291 Å². The van der Waals surface area contributed by atoms with Gasteiger partial charge in [-0.15, -0.1) is 36.2 Å². The number of anilines is 7. The minimum Gasteiger partial charge on any atom is -0.512 e. The summed E-state index contributed by atoms with van der Waals surface area (Å²) in [6.07, 6.45) is 0. The summed E-state index contributed by atoms with van der Waals surface area (Å²) in [5.74, 6) is 0. The second-order valence-electron chi connectivity index (χ2n) is 11.3. The SMILES string of the molecule is Cc1cc(-c2ccccc2)c(N2[CH-]N(c3[c-]c(N4[CH-]N(C)c5ccccc54)ccc3)c3ccccc32)c(-c2ccccc2)c1.[C-]#N.[Pt+4]. The minimum atomic E-state index is 0. The van der Waals surface area contributed by atoms with Gasteiger partial charge in [0.05, 0.1) is 0 Å². The standard InChI is InChI=1S/C40H31N4.CN.Pt/c1-29-24-34(30-14-5-3-6-15-30)40(35(25-29)31-16-7-4-8-17-31)44-28-43(38-22-11-12-23-39(38)44)33-19-13-18-32(26-33)42-27-41(2)36-20-9-10-21-37(36)42;1-2;/h3-25,27-28H,1-2H3;;/q-3;-1;+4. The molecule has 0 N–H and O–H groups in total. The summed E-state index contributed by atoms with van der Waals surface area (Å²) in [5, 5.41) is 6.25. The van der Waals surface area contributed by atoms with Crippen molar-refractivity contribution in [3.63, 3.8) is 0 Å². The molecule has 2 heterocycles. The average molecular weight is 789 g/mol. The number of hydrogen-bond donors (Lipinski definition) is 0. The van der Waals surface area contributed by atoms with Gasteiger partial charge in [-0.3, -0.25) is 0 Å². The molecule has 2 aliphatic heterocycles. The molecule has 47 heavy (non-hydrogen) atoms. The van der Waals surface area contributed by atoms with Gasteiger partial charge >= 0.3 is 21.1 Å². The molecule has 0 saturated carbocycles. The van der Waals surface area contributed by atoms with Gasteiger partial charge in [0, 0.05) is 39.6 Å². The maximum Gasteiger partial charge on any atom is 4.00 e. The molecule has 6 heteroatoms. The number of hydrogen-bond acceptors (Lipinski definition) is 5. The second-order valence-corrected chi connectivity index (χ2v) is 11.3. The van der Waals surface area contributed by atoms with Crippen LogP contribution in [0, 0.1) is 38.2 Å². The second kappa shape index (κ2) is 13.6. The molecule has 0 saturated heterocycles. The van der Waals surface area contributed by atoms with Crippen molar-refractivity contribution >= 4 is 39.8 Å². The van der Waals surface area contributed by atoms with Crippen LogP contribution in [0.2, 0.25) is 0 Å². The number of rotatable bonds is 5. The van der Waals surface area contributed by atoms with E-state index in [0.29, 0.717) is 0 Å². The fourth-order valence-corrected chi connectivity index (χ4v) is 6.38. The van der Waals surface area contributed by atoms with Crippen LogP contribution in [0.1, 0.15) is 5.56 Å². The van der Waals surface area contributed by atoms with Crippen LogP contribution in [-0.2, 0) is 21.1 Å². The van der Waals surface area contributed by atoms with Crippen molar-refractivity contribution in [1.29, 1.82) is 5.26 Å². The van der Waals surface area contributed by atoms with Crippen LogP contribution in [0.5, 0.6) is 0 Å². The third-order valence-corrected chi connectivity index (χ3v) is 8.39. The van der Waals surface area contributed by atoms with Crippen LogP contribution in [0.15, 0.2) is 140 Å². The van der Waals surface area contributed by atoms with Crippen molar-refractivity contribution in [2.45, 2.75) is 6.92 Å². The van der Waals surface area contributed by atoms with Gasteiger partial charge in [0.25, 0.3) is 0 Å². The van der Waals surface area contributed by atoms with E-state index in [-0.39, 0.29) is 21.1 Å². The van der Waals surface area contributed by atoms with Crippen molar-refractivity contribution in [3.05, 3.63) is 171 Å². The molecule has 0 bridgehead atoms. The maximum atomic E-state index is 6.25. The van der Waals surface area contributed by atoms with Crippen LogP contribution in [0.3, 0.4) is 0 Å². The molecule has 0 atom stereocenters. The number of para-hydroxylation sites is 4. The zero-order valence-corrected chi connectivity index (χ0v) is 28.3. The molecule has 0 amide bonds. The van der Waals surface area contributed by atoms with E-state index in [1.165, 1.54) is 33.5 Å². The molecule has 230 valence electrons. The molecule has 0 aliphatic carbocycles. The first-order valence-electron chi connectivity index (χ1n) is 15.1. The summed E-state index contributed by atoms with van der Waals surface area (Å²) in [5.41, 5.74) is 13.7. The number of benzene rings is 6. The first-order valence-corrected chi connectivity index (χ1v) is 15.1. The molecule has 2 aliphatic rings. The smallest absolute Gasteiger partial charge is 0.512 e. The Hall–Kier alpha value is -5.30. The molecule has 0 spiro atoms. The van der Waals surface area contributed by atoms with Gasteiger partial charge in [0.2, 0.25) is 0 Å². The van der Waals surface area contributed by atoms with Gasteiger partial charge in [-0.2, -0.15) is 12.7 Å². The predicted molar refractivity (Wildman–Crippen MR) is 189 cm³/mol. The van der Waals surface area contributed by atoms with E-state index in [9.17, 15) is 0 Å². The van der Waals surface area contributed by atoms with Crippen molar-refractivity contribution in [1.82, 2.24) is 0 Å². The molecule has 8 rings (SSSR count). The van der Waals surface area contributed by atoms with Gasteiger partial charge in [0.15, 0.2) is 0 Å². The Morgan fingerprint density at radius 2 is 0.957 bits per heavy atom. The molecular formula is C41H31N5Pt. The summed E-state index contributed by atoms with van der Waals surface area (Å²) in [6, 6.07) is 53.2. The maximum absolute atomic E-state index is 6.25. The number of nitrogens with zero attached hydrogens (tertiary/aromatic N) is 5. The molecule has 0 unspecified atom stereocenters. The van der Waals surface area contributed by atoms with Crippen LogP contribution >= 0.6 is 0 Å². The van der Waals surface area contributed by atoms with Crippen molar-refractivity contribution in [2.75, 3.05) is 26.6 Å². The summed E-state index contributed by atoms with van der Waals surface area (Å²) >= 11 is 0. The largest absolute Gasteiger partial charge is 4.00 e. The van der Waals surface area contributed by atoms with Gasteiger partial charge < -0.3 is 31.4 Å². The Kier molecular flexibility index (Phi) is 9.16. The fourth-order valence-electron chi connectivity index (χ4n) is 6.38.